The number of aromatic nitrogens is 1. The number of hydrogen-bond donors (Lipinski definition) is 1. The largest absolute Gasteiger partial charge is 0.310 e. The molecule has 0 amide bonds. The van der Waals surface area contributed by atoms with Crippen LogP contribution in [-0.2, 0) is 6.42 Å². The van der Waals surface area contributed by atoms with E-state index in [-0.39, 0.29) is 11.9 Å². The first kappa shape index (κ1) is 16.1. The van der Waals surface area contributed by atoms with Gasteiger partial charge in [-0.15, -0.1) is 0 Å². The van der Waals surface area contributed by atoms with Gasteiger partial charge in [0.25, 0.3) is 0 Å². The molecule has 1 aromatic carbocycles. The molecule has 0 spiro atoms. The van der Waals surface area contributed by atoms with Gasteiger partial charge in [-0.3, -0.25) is 4.98 Å². The maximum absolute atomic E-state index is 13.4. The number of pyridine rings is 1. The van der Waals surface area contributed by atoms with E-state index in [1.807, 2.05) is 30.5 Å². The quantitative estimate of drug-likeness (QED) is 0.824. The molecular formula is C17H20BrFN2. The molecule has 1 N–H and O–H groups in total. The molecule has 0 saturated heterocycles. The summed E-state index contributed by atoms with van der Waals surface area (Å²) in [4.78, 5) is 4.43. The normalized spacial score (nSPS) is 12.4. The summed E-state index contributed by atoms with van der Waals surface area (Å²) in [5.74, 6) is -0.158. The van der Waals surface area contributed by atoms with Gasteiger partial charge < -0.3 is 5.32 Å². The van der Waals surface area contributed by atoms with Crippen molar-refractivity contribution in [3.05, 3.63) is 63.6 Å². The Morgan fingerprint density at radius 3 is 2.71 bits per heavy atom. The number of rotatable bonds is 6. The minimum Gasteiger partial charge on any atom is -0.310 e. The Kier molecular flexibility index (Phi) is 5.88. The minimum absolute atomic E-state index is 0.151. The van der Waals surface area contributed by atoms with Crippen LogP contribution in [0.2, 0.25) is 0 Å². The van der Waals surface area contributed by atoms with Gasteiger partial charge in [0.15, 0.2) is 0 Å². The van der Waals surface area contributed by atoms with Crippen molar-refractivity contribution in [2.75, 3.05) is 6.54 Å². The van der Waals surface area contributed by atoms with Gasteiger partial charge in [-0.1, -0.05) is 19.1 Å². The summed E-state index contributed by atoms with van der Waals surface area (Å²) in [5, 5.41) is 3.52. The van der Waals surface area contributed by atoms with Gasteiger partial charge in [0.1, 0.15) is 5.82 Å². The van der Waals surface area contributed by atoms with Gasteiger partial charge in [-0.05, 0) is 65.1 Å². The number of nitrogens with one attached hydrogen (secondary N) is 1. The maximum atomic E-state index is 13.4. The summed E-state index contributed by atoms with van der Waals surface area (Å²) < 4.78 is 14.4. The van der Waals surface area contributed by atoms with Gasteiger partial charge in [0.05, 0.1) is 0 Å². The van der Waals surface area contributed by atoms with Crippen LogP contribution in [0.1, 0.15) is 36.2 Å². The minimum atomic E-state index is -0.158. The molecule has 1 atom stereocenters. The van der Waals surface area contributed by atoms with E-state index < -0.39 is 0 Å². The van der Waals surface area contributed by atoms with Crippen molar-refractivity contribution >= 4 is 15.9 Å². The average molecular weight is 351 g/mol. The summed E-state index contributed by atoms with van der Waals surface area (Å²) >= 11 is 3.40. The van der Waals surface area contributed by atoms with Crippen LogP contribution in [0, 0.1) is 12.7 Å². The van der Waals surface area contributed by atoms with Gasteiger partial charge in [-0.25, -0.2) is 4.39 Å². The third-order valence-corrected chi connectivity index (χ3v) is 3.90. The smallest absolute Gasteiger partial charge is 0.126 e. The van der Waals surface area contributed by atoms with E-state index in [4.69, 9.17) is 0 Å². The molecule has 2 nitrogen and oxygen atoms in total. The lowest BCUT2D eigenvalue weighted by atomic mass is 9.99. The SMILES string of the molecule is CCCNC(Cc1ccc(Br)cn1)c1ccc(F)c(C)c1. The van der Waals surface area contributed by atoms with Gasteiger partial charge in [0.2, 0.25) is 0 Å². The zero-order valence-corrected chi connectivity index (χ0v) is 14.0. The summed E-state index contributed by atoms with van der Waals surface area (Å²) in [6.45, 7) is 4.86. The third-order valence-electron chi connectivity index (χ3n) is 3.43. The van der Waals surface area contributed by atoms with Crippen LogP contribution in [0.4, 0.5) is 4.39 Å². The lowest BCUT2D eigenvalue weighted by Gasteiger charge is -2.19. The molecule has 1 aromatic heterocycles. The first-order valence-electron chi connectivity index (χ1n) is 7.20. The molecule has 0 aliphatic carbocycles. The second-order valence-corrected chi connectivity index (χ2v) is 6.10. The Morgan fingerprint density at radius 1 is 1.29 bits per heavy atom. The van der Waals surface area contributed by atoms with E-state index in [2.05, 4.69) is 33.2 Å². The molecule has 2 aromatic rings. The molecule has 1 unspecified atom stereocenters. The number of hydrogen-bond acceptors (Lipinski definition) is 2. The number of benzene rings is 1. The van der Waals surface area contributed by atoms with E-state index in [0.717, 1.165) is 35.1 Å². The molecule has 112 valence electrons. The highest BCUT2D eigenvalue weighted by Gasteiger charge is 2.13. The van der Waals surface area contributed by atoms with E-state index in [0.29, 0.717) is 5.56 Å². The molecule has 0 fully saturated rings. The molecule has 0 bridgehead atoms. The molecule has 0 aliphatic rings. The molecule has 1 heterocycles. The van der Waals surface area contributed by atoms with Crippen molar-refractivity contribution in [1.82, 2.24) is 10.3 Å². The highest BCUT2D eigenvalue weighted by Crippen LogP contribution is 2.21. The Balaban J connectivity index is 2.20. The fraction of sp³-hybridized carbons (Fsp3) is 0.353. The Bertz CT molecular complexity index is 584. The lowest BCUT2D eigenvalue weighted by molar-refractivity contribution is 0.522. The Hall–Kier alpha value is -1.26. The molecule has 0 aliphatic heterocycles. The first-order valence-corrected chi connectivity index (χ1v) is 7.99. The standard InChI is InChI=1S/C17H20BrFN2/c1-3-8-20-17(10-15-6-5-14(18)11-21-15)13-4-7-16(19)12(2)9-13/h4-7,9,11,17,20H,3,8,10H2,1-2H3. The number of aryl methyl sites for hydroxylation is 1. The van der Waals surface area contributed by atoms with Gasteiger partial charge >= 0.3 is 0 Å². The fourth-order valence-corrected chi connectivity index (χ4v) is 2.48. The molecule has 21 heavy (non-hydrogen) atoms. The summed E-state index contributed by atoms with van der Waals surface area (Å²) in [5.41, 5.74) is 2.81. The second-order valence-electron chi connectivity index (χ2n) is 5.19. The predicted octanol–water partition coefficient (Wildman–Crippen LogP) is 4.58. The van der Waals surface area contributed by atoms with Crippen molar-refractivity contribution in [3.8, 4) is 0 Å². The average Bonchev–Trinajstić information content (AvgIpc) is 2.48. The van der Waals surface area contributed by atoms with Crippen LogP contribution in [0.5, 0.6) is 0 Å². The van der Waals surface area contributed by atoms with Crippen LogP contribution in [-0.4, -0.2) is 11.5 Å². The van der Waals surface area contributed by atoms with Crippen molar-refractivity contribution in [2.24, 2.45) is 0 Å². The van der Waals surface area contributed by atoms with Crippen molar-refractivity contribution in [1.29, 1.82) is 0 Å². The van der Waals surface area contributed by atoms with Crippen LogP contribution < -0.4 is 5.32 Å². The van der Waals surface area contributed by atoms with Gasteiger partial charge in [0, 0.05) is 28.8 Å². The van der Waals surface area contributed by atoms with E-state index in [9.17, 15) is 4.39 Å². The molecular weight excluding hydrogens is 331 g/mol. The Labute approximate surface area is 133 Å². The van der Waals surface area contributed by atoms with Crippen LogP contribution in [0.3, 0.4) is 0 Å². The van der Waals surface area contributed by atoms with Crippen LogP contribution in [0.25, 0.3) is 0 Å². The number of nitrogens with zero attached hydrogens (tertiary/aromatic N) is 1. The van der Waals surface area contributed by atoms with Crippen molar-refractivity contribution in [3.63, 3.8) is 0 Å². The molecule has 0 saturated carbocycles. The number of halogens is 2. The zero-order chi connectivity index (χ0) is 15.2. The van der Waals surface area contributed by atoms with Gasteiger partial charge in [-0.2, -0.15) is 0 Å². The van der Waals surface area contributed by atoms with Crippen molar-refractivity contribution < 1.29 is 4.39 Å². The van der Waals surface area contributed by atoms with Crippen molar-refractivity contribution in [2.45, 2.75) is 32.7 Å². The van der Waals surface area contributed by atoms with E-state index in [1.165, 1.54) is 0 Å². The van der Waals surface area contributed by atoms with E-state index >= 15 is 0 Å². The predicted molar refractivity (Wildman–Crippen MR) is 87.8 cm³/mol. The highest BCUT2D eigenvalue weighted by atomic mass is 79.9. The Morgan fingerprint density at radius 2 is 2.10 bits per heavy atom. The van der Waals surface area contributed by atoms with Crippen LogP contribution in [0.15, 0.2) is 41.0 Å². The molecule has 2 rings (SSSR count). The highest BCUT2D eigenvalue weighted by molar-refractivity contribution is 9.10. The third kappa shape index (κ3) is 4.61. The first-order chi connectivity index (χ1) is 10.1. The monoisotopic (exact) mass is 350 g/mol. The molecule has 4 heteroatoms. The maximum Gasteiger partial charge on any atom is 0.126 e. The van der Waals surface area contributed by atoms with E-state index in [1.54, 1.807) is 13.0 Å². The summed E-state index contributed by atoms with van der Waals surface area (Å²) in [6.07, 6.45) is 3.66. The fourth-order valence-electron chi connectivity index (χ4n) is 2.25. The topological polar surface area (TPSA) is 24.9 Å². The second kappa shape index (κ2) is 7.66. The lowest BCUT2D eigenvalue weighted by Crippen LogP contribution is -2.24. The van der Waals surface area contributed by atoms with Crippen LogP contribution >= 0.6 is 15.9 Å². The zero-order valence-electron chi connectivity index (χ0n) is 12.4. The molecule has 0 radical (unpaired) electrons. The summed E-state index contributed by atoms with van der Waals surface area (Å²) in [6, 6.07) is 9.48. The summed E-state index contributed by atoms with van der Waals surface area (Å²) in [7, 11) is 0.